The predicted molar refractivity (Wildman–Crippen MR) is 336 cm³/mol. The van der Waals surface area contributed by atoms with Gasteiger partial charge in [0.05, 0.1) is 18.8 Å². The first-order valence-corrected chi connectivity index (χ1v) is 34.7. The molecule has 2 atom stereocenters. The maximum absolute atomic E-state index is 12.5. The summed E-state index contributed by atoms with van der Waals surface area (Å²) in [5.74, 6) is -0.0699. The van der Waals surface area contributed by atoms with Gasteiger partial charge in [-0.2, -0.15) is 0 Å². The van der Waals surface area contributed by atoms with Gasteiger partial charge in [0.2, 0.25) is 5.91 Å². The predicted octanol–water partition coefficient (Wildman–Crippen LogP) is 23.5. The SMILES string of the molecule is CCCCCCCCCCCCCCC/C=C/CC/C=C/CC/C=C/C(O)C(CO)NC(=O)CCCCCCCCCCCCCCCCCCCCCCCCCCCCCCCCCCCCCCCCCC. The Morgan fingerprint density at radius 2 is 0.520 bits per heavy atom. The summed E-state index contributed by atoms with van der Waals surface area (Å²) in [4.78, 5) is 12.5. The fraction of sp³-hybridized carbons (Fsp3) is 0.901. The highest BCUT2D eigenvalue weighted by Gasteiger charge is 2.18. The summed E-state index contributed by atoms with van der Waals surface area (Å²) in [6.07, 6.45) is 92.5. The van der Waals surface area contributed by atoms with Crippen molar-refractivity contribution in [1.82, 2.24) is 5.32 Å². The molecule has 0 aromatic heterocycles. The molecular weight excluding hydrogens is 915 g/mol. The number of rotatable bonds is 65. The van der Waals surface area contributed by atoms with Gasteiger partial charge < -0.3 is 15.5 Å². The van der Waals surface area contributed by atoms with E-state index in [1.54, 1.807) is 6.08 Å². The van der Waals surface area contributed by atoms with Crippen LogP contribution in [-0.2, 0) is 4.79 Å². The molecule has 0 fully saturated rings. The molecule has 0 heterocycles. The van der Waals surface area contributed by atoms with E-state index in [4.69, 9.17) is 0 Å². The number of unbranched alkanes of at least 4 members (excludes halogenated alkanes) is 54. The first-order chi connectivity index (χ1) is 37.2. The number of carbonyl (C=O) groups is 1. The zero-order valence-electron chi connectivity index (χ0n) is 51.3. The van der Waals surface area contributed by atoms with Gasteiger partial charge in [0, 0.05) is 6.42 Å². The van der Waals surface area contributed by atoms with Crippen molar-refractivity contribution >= 4 is 5.91 Å². The van der Waals surface area contributed by atoms with Crippen molar-refractivity contribution < 1.29 is 15.0 Å². The van der Waals surface area contributed by atoms with Crippen molar-refractivity contribution in [3.63, 3.8) is 0 Å². The van der Waals surface area contributed by atoms with Gasteiger partial charge >= 0.3 is 0 Å². The Labute approximate surface area is 472 Å². The van der Waals surface area contributed by atoms with E-state index in [-0.39, 0.29) is 12.5 Å². The van der Waals surface area contributed by atoms with Crippen LogP contribution in [0.3, 0.4) is 0 Å². The highest BCUT2D eigenvalue weighted by atomic mass is 16.3. The van der Waals surface area contributed by atoms with Crippen LogP contribution in [0, 0.1) is 0 Å². The first kappa shape index (κ1) is 73.6. The van der Waals surface area contributed by atoms with Gasteiger partial charge in [-0.25, -0.2) is 0 Å². The van der Waals surface area contributed by atoms with E-state index < -0.39 is 12.1 Å². The molecule has 0 aliphatic heterocycles. The van der Waals surface area contributed by atoms with Gasteiger partial charge in [0.1, 0.15) is 0 Å². The molecule has 4 heteroatoms. The summed E-state index contributed by atoms with van der Waals surface area (Å²) in [6, 6.07) is -0.645. The Morgan fingerprint density at radius 1 is 0.307 bits per heavy atom. The van der Waals surface area contributed by atoms with Crippen LogP contribution < -0.4 is 5.32 Å². The highest BCUT2D eigenvalue weighted by molar-refractivity contribution is 5.76. The molecule has 0 spiro atoms. The Morgan fingerprint density at radius 3 is 0.773 bits per heavy atom. The second-order valence-electron chi connectivity index (χ2n) is 23.9. The second kappa shape index (κ2) is 66.9. The molecule has 0 aromatic carbocycles. The van der Waals surface area contributed by atoms with Crippen molar-refractivity contribution in [3.05, 3.63) is 36.5 Å². The number of aliphatic hydroxyl groups excluding tert-OH is 2. The minimum Gasteiger partial charge on any atom is -0.394 e. The van der Waals surface area contributed by atoms with Crippen molar-refractivity contribution in [2.45, 2.75) is 405 Å². The molecule has 444 valence electrons. The lowest BCUT2D eigenvalue weighted by Gasteiger charge is -2.19. The van der Waals surface area contributed by atoms with E-state index in [9.17, 15) is 15.0 Å². The molecule has 4 nitrogen and oxygen atoms in total. The third-order valence-electron chi connectivity index (χ3n) is 16.4. The average Bonchev–Trinajstić information content (AvgIpc) is 3.41. The van der Waals surface area contributed by atoms with Gasteiger partial charge in [-0.05, 0) is 44.9 Å². The number of carbonyl (C=O) groups excluding carboxylic acids is 1. The lowest BCUT2D eigenvalue weighted by Crippen LogP contribution is -2.45. The Hall–Kier alpha value is -1.39. The minimum absolute atomic E-state index is 0.0699. The number of aliphatic hydroxyl groups is 2. The fourth-order valence-corrected chi connectivity index (χ4v) is 11.1. The van der Waals surface area contributed by atoms with E-state index in [1.165, 1.54) is 334 Å². The van der Waals surface area contributed by atoms with E-state index in [2.05, 4.69) is 43.5 Å². The smallest absolute Gasteiger partial charge is 0.220 e. The largest absolute Gasteiger partial charge is 0.394 e. The molecular formula is C71H137NO3. The van der Waals surface area contributed by atoms with Crippen molar-refractivity contribution in [3.8, 4) is 0 Å². The molecule has 75 heavy (non-hydrogen) atoms. The molecule has 2 unspecified atom stereocenters. The third-order valence-corrected chi connectivity index (χ3v) is 16.4. The standard InChI is InChI=1S/C71H137NO3/c1-3-5-7-9-11-13-15-17-19-21-23-25-27-28-29-30-31-32-33-34-35-36-37-38-39-40-41-42-43-45-47-49-51-53-55-57-59-61-63-65-67-71(75)72-69(68-73)70(74)66-64-62-60-58-56-54-52-50-48-46-44-26-24-22-20-18-16-14-12-10-8-6-4-2/h48,50,56,58,64,66,69-70,73-74H,3-47,49,51-55,57,59-63,65,67-68H2,1-2H3,(H,72,75)/b50-48+,58-56+,66-64+. The third kappa shape index (κ3) is 63.3. The van der Waals surface area contributed by atoms with Crippen LogP contribution in [0.25, 0.3) is 0 Å². The van der Waals surface area contributed by atoms with Crippen LogP contribution in [0.1, 0.15) is 393 Å². The number of hydrogen-bond acceptors (Lipinski definition) is 3. The van der Waals surface area contributed by atoms with Crippen LogP contribution in [0.4, 0.5) is 0 Å². The quantitative estimate of drug-likeness (QED) is 0.0420. The first-order valence-electron chi connectivity index (χ1n) is 34.7. The zero-order valence-corrected chi connectivity index (χ0v) is 51.3. The Kier molecular flexibility index (Phi) is 65.6. The van der Waals surface area contributed by atoms with Crippen LogP contribution in [0.15, 0.2) is 36.5 Å². The normalized spacial score (nSPS) is 12.9. The maximum Gasteiger partial charge on any atom is 0.220 e. The Bertz CT molecular complexity index is 1150. The van der Waals surface area contributed by atoms with Crippen molar-refractivity contribution in [2.75, 3.05) is 6.61 Å². The van der Waals surface area contributed by atoms with Crippen LogP contribution in [0.2, 0.25) is 0 Å². The van der Waals surface area contributed by atoms with Crippen molar-refractivity contribution in [2.24, 2.45) is 0 Å². The number of nitrogens with one attached hydrogen (secondary N) is 1. The van der Waals surface area contributed by atoms with Gasteiger partial charge in [-0.15, -0.1) is 0 Å². The average molecular weight is 1050 g/mol. The van der Waals surface area contributed by atoms with Gasteiger partial charge in [0.25, 0.3) is 0 Å². The van der Waals surface area contributed by atoms with E-state index in [1.807, 2.05) is 6.08 Å². The lowest BCUT2D eigenvalue weighted by molar-refractivity contribution is -0.123. The molecule has 0 bridgehead atoms. The summed E-state index contributed by atoms with van der Waals surface area (Å²) in [5, 5.41) is 23.2. The van der Waals surface area contributed by atoms with Gasteiger partial charge in [-0.1, -0.05) is 378 Å². The molecule has 0 aliphatic rings. The lowest BCUT2D eigenvalue weighted by atomic mass is 10.0. The zero-order chi connectivity index (χ0) is 54.1. The molecule has 0 aliphatic carbocycles. The summed E-state index contributed by atoms with van der Waals surface area (Å²) in [7, 11) is 0. The molecule has 0 aromatic rings. The van der Waals surface area contributed by atoms with Crippen molar-refractivity contribution in [1.29, 1.82) is 0 Å². The topological polar surface area (TPSA) is 69.6 Å². The molecule has 1 amide bonds. The Balaban J connectivity index is 3.41. The number of allylic oxidation sites excluding steroid dienone is 5. The van der Waals surface area contributed by atoms with E-state index in [0.29, 0.717) is 6.42 Å². The van der Waals surface area contributed by atoms with Gasteiger partial charge in [-0.3, -0.25) is 4.79 Å². The molecule has 0 radical (unpaired) electrons. The molecule has 0 saturated heterocycles. The van der Waals surface area contributed by atoms with E-state index in [0.717, 1.165) is 38.5 Å². The summed E-state index contributed by atoms with van der Waals surface area (Å²) in [5.41, 5.74) is 0. The monoisotopic (exact) mass is 1050 g/mol. The number of hydrogen-bond donors (Lipinski definition) is 3. The van der Waals surface area contributed by atoms with E-state index >= 15 is 0 Å². The van der Waals surface area contributed by atoms with Crippen LogP contribution in [0.5, 0.6) is 0 Å². The summed E-state index contributed by atoms with van der Waals surface area (Å²) >= 11 is 0. The number of amides is 1. The molecule has 0 rings (SSSR count). The highest BCUT2D eigenvalue weighted by Crippen LogP contribution is 2.19. The maximum atomic E-state index is 12.5. The molecule has 3 N–H and O–H groups in total. The van der Waals surface area contributed by atoms with Gasteiger partial charge in [0.15, 0.2) is 0 Å². The molecule has 0 saturated carbocycles. The summed E-state index contributed by atoms with van der Waals surface area (Å²) in [6.45, 7) is 4.34. The van der Waals surface area contributed by atoms with Crippen LogP contribution >= 0.6 is 0 Å². The fourth-order valence-electron chi connectivity index (χ4n) is 11.1. The minimum atomic E-state index is -0.870. The second-order valence-corrected chi connectivity index (χ2v) is 23.9. The van der Waals surface area contributed by atoms with Crippen LogP contribution in [-0.4, -0.2) is 34.9 Å². The summed E-state index contributed by atoms with van der Waals surface area (Å²) < 4.78 is 0.